The first-order valence-electron chi connectivity index (χ1n) is 10.6. The normalized spacial score (nSPS) is 17.5. The number of ether oxygens (including phenoxy) is 2. The van der Waals surface area contributed by atoms with Gasteiger partial charge in [0.05, 0.1) is 13.2 Å². The van der Waals surface area contributed by atoms with Crippen LogP contribution in [0.4, 0.5) is 0 Å². The van der Waals surface area contributed by atoms with Crippen molar-refractivity contribution >= 4 is 11.9 Å². The number of carbonyl (C=O) groups excluding carboxylic acids is 2. The largest absolute Gasteiger partial charge is 0.493 e. The van der Waals surface area contributed by atoms with Crippen LogP contribution >= 0.6 is 0 Å². The Morgan fingerprint density at radius 1 is 1.29 bits per heavy atom. The second-order valence-electron chi connectivity index (χ2n) is 7.64. The van der Waals surface area contributed by atoms with Gasteiger partial charge in [-0.15, -0.1) is 0 Å². The third-order valence-electron chi connectivity index (χ3n) is 5.63. The summed E-state index contributed by atoms with van der Waals surface area (Å²) in [7, 11) is 0. The maximum atomic E-state index is 12.7. The van der Waals surface area contributed by atoms with Gasteiger partial charge in [-0.1, -0.05) is 6.07 Å². The molecule has 0 radical (unpaired) electrons. The molecule has 154 valence electrons. The number of nitrogens with zero attached hydrogens (tertiary/aromatic N) is 1. The third-order valence-corrected chi connectivity index (χ3v) is 5.63. The second-order valence-corrected chi connectivity index (χ2v) is 7.64. The van der Waals surface area contributed by atoms with Crippen molar-refractivity contribution < 1.29 is 19.1 Å². The van der Waals surface area contributed by atoms with E-state index in [0.29, 0.717) is 18.9 Å². The summed E-state index contributed by atoms with van der Waals surface area (Å²) in [4.78, 5) is 26.5. The van der Waals surface area contributed by atoms with E-state index in [4.69, 9.17) is 9.47 Å². The molecule has 1 aromatic carbocycles. The summed E-state index contributed by atoms with van der Waals surface area (Å²) in [6.07, 6.45) is 5.37. The lowest BCUT2D eigenvalue weighted by molar-refractivity contribution is -0.143. The molecule has 1 saturated heterocycles. The number of esters is 1. The van der Waals surface area contributed by atoms with Gasteiger partial charge >= 0.3 is 5.97 Å². The van der Waals surface area contributed by atoms with Crippen LogP contribution in [0.1, 0.15) is 54.9 Å². The lowest BCUT2D eigenvalue weighted by atomic mass is 9.95. The summed E-state index contributed by atoms with van der Waals surface area (Å²) in [6, 6.07) is 5.74. The Hall–Kier alpha value is -2.08. The predicted octanol–water partition coefficient (Wildman–Crippen LogP) is 2.80. The molecule has 0 saturated carbocycles. The SMILES string of the molecule is CCOC(=O)CCCN1CCC(CNC(=O)c2cccc3c2CCCO3)CC1. The van der Waals surface area contributed by atoms with Gasteiger partial charge in [0, 0.05) is 24.1 Å². The lowest BCUT2D eigenvalue weighted by Crippen LogP contribution is -2.39. The minimum atomic E-state index is -0.103. The molecule has 0 atom stereocenters. The average molecular weight is 389 g/mol. The average Bonchev–Trinajstić information content (AvgIpc) is 2.73. The zero-order valence-electron chi connectivity index (χ0n) is 16.9. The van der Waals surface area contributed by atoms with E-state index in [0.717, 1.165) is 81.8 Å². The molecule has 0 unspecified atom stereocenters. The number of rotatable bonds is 8. The minimum absolute atomic E-state index is 0.0132. The van der Waals surface area contributed by atoms with E-state index in [-0.39, 0.29) is 11.9 Å². The molecule has 0 aromatic heterocycles. The zero-order valence-corrected chi connectivity index (χ0v) is 16.9. The summed E-state index contributed by atoms with van der Waals surface area (Å²) in [5.74, 6) is 1.28. The number of amides is 1. The van der Waals surface area contributed by atoms with Gasteiger partial charge in [-0.3, -0.25) is 9.59 Å². The van der Waals surface area contributed by atoms with Crippen LogP contribution in [-0.4, -0.2) is 56.2 Å². The monoisotopic (exact) mass is 388 g/mol. The molecule has 3 rings (SSSR count). The fourth-order valence-electron chi connectivity index (χ4n) is 4.03. The van der Waals surface area contributed by atoms with E-state index in [2.05, 4.69) is 10.2 Å². The van der Waals surface area contributed by atoms with Crippen molar-refractivity contribution in [1.82, 2.24) is 10.2 Å². The van der Waals surface area contributed by atoms with Crippen LogP contribution in [0.25, 0.3) is 0 Å². The van der Waals surface area contributed by atoms with Crippen LogP contribution in [0.2, 0.25) is 0 Å². The van der Waals surface area contributed by atoms with Crippen molar-refractivity contribution in [2.75, 3.05) is 39.4 Å². The summed E-state index contributed by atoms with van der Waals surface area (Å²) < 4.78 is 10.6. The molecule has 1 aromatic rings. The molecule has 1 fully saturated rings. The number of nitrogens with one attached hydrogen (secondary N) is 1. The summed E-state index contributed by atoms with van der Waals surface area (Å²) in [5.41, 5.74) is 1.80. The number of piperidine rings is 1. The Balaban J connectivity index is 1.38. The van der Waals surface area contributed by atoms with Crippen molar-refractivity contribution in [3.63, 3.8) is 0 Å². The van der Waals surface area contributed by atoms with Crippen molar-refractivity contribution in [3.05, 3.63) is 29.3 Å². The molecule has 2 aliphatic rings. The molecular formula is C22H32N2O4. The zero-order chi connectivity index (χ0) is 19.8. The first-order chi connectivity index (χ1) is 13.7. The maximum Gasteiger partial charge on any atom is 0.305 e. The minimum Gasteiger partial charge on any atom is -0.493 e. The molecule has 6 heteroatoms. The maximum absolute atomic E-state index is 12.7. The van der Waals surface area contributed by atoms with Gasteiger partial charge in [-0.05, 0) is 76.7 Å². The third kappa shape index (κ3) is 5.71. The summed E-state index contributed by atoms with van der Waals surface area (Å²) >= 11 is 0. The standard InChI is InChI=1S/C22H32N2O4/c1-2-27-21(25)9-4-12-24-13-10-17(11-14-24)16-23-22(26)19-6-3-8-20-18(19)7-5-15-28-20/h3,6,8,17H,2,4-5,7,9-16H2,1H3,(H,23,26). The molecule has 6 nitrogen and oxygen atoms in total. The second kappa shape index (κ2) is 10.5. The molecule has 0 aliphatic carbocycles. The smallest absolute Gasteiger partial charge is 0.305 e. The van der Waals surface area contributed by atoms with Crippen molar-refractivity contribution in [1.29, 1.82) is 0 Å². The molecule has 1 amide bonds. The Morgan fingerprint density at radius 3 is 2.89 bits per heavy atom. The van der Waals surface area contributed by atoms with E-state index in [1.807, 2.05) is 25.1 Å². The van der Waals surface area contributed by atoms with Crippen LogP contribution in [0.15, 0.2) is 18.2 Å². The topological polar surface area (TPSA) is 67.9 Å². The fraction of sp³-hybridized carbons (Fsp3) is 0.636. The Kier molecular flexibility index (Phi) is 7.71. The Bertz CT molecular complexity index is 669. The molecule has 1 N–H and O–H groups in total. The molecule has 2 heterocycles. The van der Waals surface area contributed by atoms with Gasteiger partial charge < -0.3 is 19.7 Å². The highest BCUT2D eigenvalue weighted by molar-refractivity contribution is 5.96. The molecule has 2 aliphatic heterocycles. The molecule has 28 heavy (non-hydrogen) atoms. The van der Waals surface area contributed by atoms with Gasteiger partial charge in [-0.2, -0.15) is 0 Å². The lowest BCUT2D eigenvalue weighted by Gasteiger charge is -2.32. The van der Waals surface area contributed by atoms with Crippen molar-refractivity contribution in [2.45, 2.75) is 45.4 Å². The van der Waals surface area contributed by atoms with Gasteiger partial charge in [0.2, 0.25) is 0 Å². The van der Waals surface area contributed by atoms with E-state index < -0.39 is 0 Å². The molecule has 0 spiro atoms. The van der Waals surface area contributed by atoms with E-state index in [1.165, 1.54) is 0 Å². The van der Waals surface area contributed by atoms with Crippen LogP contribution in [0.3, 0.4) is 0 Å². The van der Waals surface area contributed by atoms with Gasteiger partial charge in [0.15, 0.2) is 0 Å². The van der Waals surface area contributed by atoms with E-state index >= 15 is 0 Å². The first kappa shape index (κ1) is 20.6. The Morgan fingerprint density at radius 2 is 2.11 bits per heavy atom. The van der Waals surface area contributed by atoms with Crippen molar-refractivity contribution in [3.8, 4) is 5.75 Å². The number of benzene rings is 1. The van der Waals surface area contributed by atoms with Gasteiger partial charge in [-0.25, -0.2) is 0 Å². The van der Waals surface area contributed by atoms with E-state index in [1.54, 1.807) is 0 Å². The van der Waals surface area contributed by atoms with Gasteiger partial charge in [0.1, 0.15) is 5.75 Å². The highest BCUT2D eigenvalue weighted by Gasteiger charge is 2.22. The van der Waals surface area contributed by atoms with Crippen molar-refractivity contribution in [2.24, 2.45) is 5.92 Å². The number of likely N-dealkylation sites (tertiary alicyclic amines) is 1. The highest BCUT2D eigenvalue weighted by Crippen LogP contribution is 2.27. The summed E-state index contributed by atoms with van der Waals surface area (Å²) in [6.45, 7) is 6.73. The molecule has 0 bridgehead atoms. The van der Waals surface area contributed by atoms with Crippen LogP contribution < -0.4 is 10.1 Å². The highest BCUT2D eigenvalue weighted by atomic mass is 16.5. The Labute approximate surface area is 167 Å². The van der Waals surface area contributed by atoms with E-state index in [9.17, 15) is 9.59 Å². The first-order valence-corrected chi connectivity index (χ1v) is 10.6. The fourth-order valence-corrected chi connectivity index (χ4v) is 4.03. The number of fused-ring (bicyclic) bond motifs is 1. The van der Waals surface area contributed by atoms with Crippen LogP contribution in [0, 0.1) is 5.92 Å². The summed E-state index contributed by atoms with van der Waals surface area (Å²) in [5, 5.41) is 3.13. The van der Waals surface area contributed by atoms with Crippen LogP contribution in [-0.2, 0) is 16.0 Å². The molecular weight excluding hydrogens is 356 g/mol. The van der Waals surface area contributed by atoms with Crippen LogP contribution in [0.5, 0.6) is 5.75 Å². The van der Waals surface area contributed by atoms with Gasteiger partial charge in [0.25, 0.3) is 5.91 Å². The quantitative estimate of drug-likeness (QED) is 0.694. The predicted molar refractivity (Wildman–Crippen MR) is 108 cm³/mol. The number of hydrogen-bond acceptors (Lipinski definition) is 5. The number of carbonyl (C=O) groups is 2. The number of hydrogen-bond donors (Lipinski definition) is 1.